The van der Waals surface area contributed by atoms with Crippen LogP contribution in [0.5, 0.6) is 0 Å². The maximum absolute atomic E-state index is 12.7. The van der Waals surface area contributed by atoms with E-state index >= 15 is 0 Å². The molecule has 4 nitrogen and oxygen atoms in total. The predicted molar refractivity (Wildman–Crippen MR) is 118 cm³/mol. The Morgan fingerprint density at radius 3 is 2.50 bits per heavy atom. The van der Waals surface area contributed by atoms with Crippen molar-refractivity contribution in [2.45, 2.75) is 24.0 Å². The predicted octanol–water partition coefficient (Wildman–Crippen LogP) is 5.07. The fraction of sp³-hybridized carbons (Fsp3) is 0.273. The molecular formula is C22H22N2O2S2. The lowest BCUT2D eigenvalue weighted by Gasteiger charge is -2.32. The van der Waals surface area contributed by atoms with Gasteiger partial charge in [0.1, 0.15) is 0 Å². The van der Waals surface area contributed by atoms with Gasteiger partial charge in [0.15, 0.2) is 0 Å². The molecular weight excluding hydrogens is 388 g/mol. The Labute approximate surface area is 173 Å². The average Bonchev–Trinajstić information content (AvgIpc) is 3.23. The second kappa shape index (κ2) is 8.45. The fourth-order valence-electron chi connectivity index (χ4n) is 3.58. The Kier molecular flexibility index (Phi) is 5.78. The number of thioether (sulfide) groups is 2. The van der Waals surface area contributed by atoms with E-state index in [9.17, 15) is 9.59 Å². The van der Waals surface area contributed by atoms with Gasteiger partial charge in [-0.1, -0.05) is 36.4 Å². The highest BCUT2D eigenvalue weighted by atomic mass is 32.2. The second-order valence-electron chi connectivity index (χ2n) is 6.83. The first-order valence-corrected chi connectivity index (χ1v) is 11.4. The number of benzene rings is 2. The van der Waals surface area contributed by atoms with Crippen LogP contribution in [0, 0.1) is 0 Å². The molecule has 2 amide bonds. The number of hydrogen-bond donors (Lipinski definition) is 1. The molecule has 0 spiro atoms. The van der Waals surface area contributed by atoms with E-state index in [0.29, 0.717) is 4.58 Å². The first-order valence-electron chi connectivity index (χ1n) is 9.31. The third-order valence-electron chi connectivity index (χ3n) is 4.94. The molecule has 0 aliphatic carbocycles. The van der Waals surface area contributed by atoms with Crippen molar-refractivity contribution in [3.63, 3.8) is 0 Å². The average molecular weight is 411 g/mol. The minimum absolute atomic E-state index is 0.0699. The highest BCUT2D eigenvalue weighted by molar-refractivity contribution is 8.19. The van der Waals surface area contributed by atoms with Crippen molar-refractivity contribution in [3.8, 4) is 0 Å². The molecule has 0 radical (unpaired) electrons. The zero-order valence-electron chi connectivity index (χ0n) is 15.6. The summed E-state index contributed by atoms with van der Waals surface area (Å²) >= 11 is 3.93. The Morgan fingerprint density at radius 1 is 1.07 bits per heavy atom. The maximum Gasteiger partial charge on any atom is 0.226 e. The highest BCUT2D eigenvalue weighted by Gasteiger charge is 2.28. The molecule has 28 heavy (non-hydrogen) atoms. The standard InChI is InChI=1S/C22H22N2O2S2/c1-15(25)24-11-10-16-4-2-3-5-19(16)20(24)14-21(26)23-18-8-6-17(7-9-18)22-27-12-13-28-22/h2-11,20,22H,12-14H2,1H3,(H,23,26)/t20-/m1/s1. The summed E-state index contributed by atoms with van der Waals surface area (Å²) in [5, 5.41) is 2.98. The molecule has 6 heteroatoms. The van der Waals surface area contributed by atoms with Crippen molar-refractivity contribution in [3.05, 3.63) is 71.4 Å². The summed E-state index contributed by atoms with van der Waals surface area (Å²) in [6.45, 7) is 1.53. The minimum Gasteiger partial charge on any atom is -0.326 e. The molecule has 0 bridgehead atoms. The van der Waals surface area contributed by atoms with Crippen LogP contribution in [-0.2, 0) is 9.59 Å². The third kappa shape index (κ3) is 4.13. The van der Waals surface area contributed by atoms with E-state index in [4.69, 9.17) is 0 Å². The van der Waals surface area contributed by atoms with Gasteiger partial charge in [-0.05, 0) is 34.9 Å². The van der Waals surface area contributed by atoms with E-state index in [1.165, 1.54) is 24.0 Å². The largest absolute Gasteiger partial charge is 0.326 e. The highest BCUT2D eigenvalue weighted by Crippen LogP contribution is 2.45. The van der Waals surface area contributed by atoms with Gasteiger partial charge >= 0.3 is 0 Å². The topological polar surface area (TPSA) is 49.4 Å². The van der Waals surface area contributed by atoms with Crippen molar-refractivity contribution in [2.75, 3.05) is 16.8 Å². The molecule has 144 valence electrons. The monoisotopic (exact) mass is 410 g/mol. The van der Waals surface area contributed by atoms with Crippen LogP contribution >= 0.6 is 23.5 Å². The lowest BCUT2D eigenvalue weighted by Crippen LogP contribution is -2.33. The molecule has 2 heterocycles. The van der Waals surface area contributed by atoms with Gasteiger partial charge in [0, 0.05) is 30.3 Å². The van der Waals surface area contributed by atoms with E-state index in [0.717, 1.165) is 16.8 Å². The van der Waals surface area contributed by atoms with Crippen LogP contribution in [0.1, 0.15) is 40.7 Å². The quantitative estimate of drug-likeness (QED) is 0.765. The number of fused-ring (bicyclic) bond motifs is 1. The van der Waals surface area contributed by atoms with E-state index in [1.54, 1.807) is 11.1 Å². The third-order valence-corrected chi connectivity index (χ3v) is 8.04. The number of hydrogen-bond acceptors (Lipinski definition) is 4. The number of nitrogens with one attached hydrogen (secondary N) is 1. The summed E-state index contributed by atoms with van der Waals surface area (Å²) in [6.07, 6.45) is 3.91. The zero-order valence-corrected chi connectivity index (χ0v) is 17.3. The molecule has 1 saturated heterocycles. The lowest BCUT2D eigenvalue weighted by molar-refractivity contribution is -0.129. The SMILES string of the molecule is CC(=O)N1C=Cc2ccccc2[C@H]1CC(=O)Nc1ccc(C2SCCS2)cc1. The van der Waals surface area contributed by atoms with Gasteiger partial charge in [-0.25, -0.2) is 0 Å². The minimum atomic E-state index is -0.288. The van der Waals surface area contributed by atoms with Crippen molar-refractivity contribution in [2.24, 2.45) is 0 Å². The van der Waals surface area contributed by atoms with Crippen LogP contribution in [0.3, 0.4) is 0 Å². The Bertz CT molecular complexity index is 905. The summed E-state index contributed by atoms with van der Waals surface area (Å²) in [4.78, 5) is 26.4. The number of anilines is 1. The molecule has 0 saturated carbocycles. The lowest BCUT2D eigenvalue weighted by atomic mass is 9.93. The van der Waals surface area contributed by atoms with Gasteiger partial charge < -0.3 is 10.2 Å². The number of carbonyl (C=O) groups is 2. The first kappa shape index (κ1) is 19.2. The zero-order chi connectivity index (χ0) is 19.5. The van der Waals surface area contributed by atoms with Gasteiger partial charge in [-0.15, -0.1) is 23.5 Å². The molecule has 4 rings (SSSR count). The molecule has 1 atom stereocenters. The normalized spacial score (nSPS) is 18.8. The summed E-state index contributed by atoms with van der Waals surface area (Å²) in [6, 6.07) is 15.7. The Hall–Kier alpha value is -2.18. The number of carbonyl (C=O) groups excluding carboxylic acids is 2. The molecule has 0 aromatic heterocycles. The number of rotatable bonds is 4. The van der Waals surface area contributed by atoms with E-state index in [2.05, 4.69) is 17.4 Å². The maximum atomic E-state index is 12.7. The number of amides is 2. The summed E-state index contributed by atoms with van der Waals surface area (Å²) in [5.74, 6) is 2.22. The number of nitrogens with zero attached hydrogens (tertiary/aromatic N) is 1. The summed E-state index contributed by atoms with van der Waals surface area (Å²) < 4.78 is 0.499. The summed E-state index contributed by atoms with van der Waals surface area (Å²) in [5.41, 5.74) is 4.13. The van der Waals surface area contributed by atoms with Crippen molar-refractivity contribution in [1.82, 2.24) is 4.90 Å². The van der Waals surface area contributed by atoms with Gasteiger partial charge in [0.05, 0.1) is 17.0 Å². The van der Waals surface area contributed by atoms with E-state index in [-0.39, 0.29) is 24.3 Å². The summed E-state index contributed by atoms with van der Waals surface area (Å²) in [7, 11) is 0. The molecule has 2 aromatic rings. The van der Waals surface area contributed by atoms with Crippen LogP contribution in [0.25, 0.3) is 6.08 Å². The van der Waals surface area contributed by atoms with Crippen LogP contribution in [0.4, 0.5) is 5.69 Å². The fourth-order valence-corrected chi connectivity index (χ4v) is 6.43. The van der Waals surface area contributed by atoms with Gasteiger partial charge in [-0.2, -0.15) is 0 Å². The van der Waals surface area contributed by atoms with Crippen LogP contribution in [-0.4, -0.2) is 28.2 Å². The Balaban J connectivity index is 1.46. The molecule has 2 aliphatic rings. The van der Waals surface area contributed by atoms with Crippen LogP contribution < -0.4 is 5.32 Å². The second-order valence-corrected chi connectivity index (χ2v) is 9.56. The van der Waals surface area contributed by atoms with Crippen molar-refractivity contribution < 1.29 is 9.59 Å². The molecule has 2 aromatic carbocycles. The molecule has 2 aliphatic heterocycles. The Morgan fingerprint density at radius 2 is 1.79 bits per heavy atom. The molecule has 0 unspecified atom stereocenters. The van der Waals surface area contributed by atoms with Gasteiger partial charge in [0.25, 0.3) is 0 Å². The van der Waals surface area contributed by atoms with E-state index < -0.39 is 0 Å². The molecule has 1 N–H and O–H groups in total. The van der Waals surface area contributed by atoms with Crippen LogP contribution in [0.2, 0.25) is 0 Å². The smallest absolute Gasteiger partial charge is 0.226 e. The molecule has 1 fully saturated rings. The first-order chi connectivity index (χ1) is 13.6. The van der Waals surface area contributed by atoms with Gasteiger partial charge in [-0.3, -0.25) is 9.59 Å². The van der Waals surface area contributed by atoms with E-state index in [1.807, 2.05) is 66.0 Å². The van der Waals surface area contributed by atoms with Crippen molar-refractivity contribution in [1.29, 1.82) is 0 Å². The van der Waals surface area contributed by atoms with Crippen LogP contribution in [0.15, 0.2) is 54.7 Å². The van der Waals surface area contributed by atoms with Crippen molar-refractivity contribution >= 4 is 47.1 Å². The van der Waals surface area contributed by atoms with Gasteiger partial charge in [0.2, 0.25) is 11.8 Å².